The zero-order chi connectivity index (χ0) is 17.8. The van der Waals surface area contributed by atoms with Crippen LogP contribution in [0.15, 0.2) is 12.3 Å². The van der Waals surface area contributed by atoms with Crippen molar-refractivity contribution in [2.45, 2.75) is 25.6 Å². The monoisotopic (exact) mass is 331 g/mol. The summed E-state index contributed by atoms with van der Waals surface area (Å²) in [5.41, 5.74) is -5.26. The largest absolute Gasteiger partial charge is 0.463 e. The summed E-state index contributed by atoms with van der Waals surface area (Å²) in [6, 6.07) is 1.76. The van der Waals surface area contributed by atoms with E-state index in [1.165, 1.54) is 13.0 Å². The highest BCUT2D eigenvalue weighted by Crippen LogP contribution is 2.32. The molecule has 0 saturated carbocycles. The number of alkyl halides is 3. The number of anilines is 1. The Morgan fingerprint density at radius 2 is 2.09 bits per heavy atom. The quantitative estimate of drug-likeness (QED) is 0.634. The maximum atomic E-state index is 12.8. The molecule has 0 unspecified atom stereocenters. The summed E-state index contributed by atoms with van der Waals surface area (Å²) < 4.78 is 42.9. The summed E-state index contributed by atoms with van der Waals surface area (Å²) in [4.78, 5) is 26.6. The minimum Gasteiger partial charge on any atom is -0.463 e. The van der Waals surface area contributed by atoms with Gasteiger partial charge in [-0.1, -0.05) is 0 Å². The Bertz CT molecular complexity index is 665. The van der Waals surface area contributed by atoms with Gasteiger partial charge in [0.2, 0.25) is 5.60 Å². The molecule has 0 aliphatic heterocycles. The fourth-order valence-electron chi connectivity index (χ4n) is 1.46. The van der Waals surface area contributed by atoms with Crippen LogP contribution >= 0.6 is 0 Å². The van der Waals surface area contributed by atoms with Crippen molar-refractivity contribution in [2.75, 3.05) is 11.9 Å². The normalized spacial score (nSPS) is 13.6. The van der Waals surface area contributed by atoms with Crippen LogP contribution in [0.4, 0.5) is 18.9 Å². The third-order valence-electron chi connectivity index (χ3n) is 2.67. The van der Waals surface area contributed by atoms with E-state index in [9.17, 15) is 27.9 Å². The van der Waals surface area contributed by atoms with E-state index in [2.05, 4.69) is 9.72 Å². The van der Waals surface area contributed by atoms with Gasteiger partial charge in [-0.25, -0.2) is 9.78 Å². The highest BCUT2D eigenvalue weighted by molar-refractivity contribution is 6.11. The third kappa shape index (κ3) is 4.17. The average Bonchev–Trinajstić information content (AvgIpc) is 2.46. The molecule has 0 radical (unpaired) electrons. The standard InChI is InChI=1S/C13H12F3N3O4/c1-3-23-11(21)12(2,22)10(20)19-7-4-8(13(14,15)16)9(5-17)18-6-7/h4,6,22H,3H2,1-2H3,(H,19,20)/t12-/m1/s1. The molecule has 0 aliphatic rings. The van der Waals surface area contributed by atoms with Crippen molar-refractivity contribution in [3.63, 3.8) is 0 Å². The molecular weight excluding hydrogens is 319 g/mol. The highest BCUT2D eigenvalue weighted by atomic mass is 19.4. The first kappa shape index (κ1) is 18.4. The summed E-state index contributed by atoms with van der Waals surface area (Å²) >= 11 is 0. The zero-order valence-corrected chi connectivity index (χ0v) is 12.1. The van der Waals surface area contributed by atoms with Crippen molar-refractivity contribution < 1.29 is 32.6 Å². The summed E-state index contributed by atoms with van der Waals surface area (Å²) in [7, 11) is 0. The van der Waals surface area contributed by atoms with E-state index in [1.54, 1.807) is 0 Å². The zero-order valence-electron chi connectivity index (χ0n) is 12.1. The molecule has 0 bridgehead atoms. The number of nitrogens with one attached hydrogen (secondary N) is 1. The molecule has 0 saturated heterocycles. The van der Waals surface area contributed by atoms with Gasteiger partial charge < -0.3 is 15.2 Å². The molecule has 23 heavy (non-hydrogen) atoms. The van der Waals surface area contributed by atoms with Gasteiger partial charge in [0, 0.05) is 0 Å². The van der Waals surface area contributed by atoms with Gasteiger partial charge in [0.05, 0.1) is 24.1 Å². The molecule has 1 amide bonds. The van der Waals surface area contributed by atoms with Crippen LogP contribution in [0.3, 0.4) is 0 Å². The molecule has 124 valence electrons. The maximum Gasteiger partial charge on any atom is 0.419 e. The number of pyridine rings is 1. The fraction of sp³-hybridized carbons (Fsp3) is 0.385. The second-order valence-corrected chi connectivity index (χ2v) is 4.48. The van der Waals surface area contributed by atoms with Crippen LogP contribution in [0.2, 0.25) is 0 Å². The van der Waals surface area contributed by atoms with Gasteiger partial charge in [-0.05, 0) is 19.9 Å². The fourth-order valence-corrected chi connectivity index (χ4v) is 1.46. The van der Waals surface area contributed by atoms with Gasteiger partial charge in [-0.3, -0.25) is 4.79 Å². The van der Waals surface area contributed by atoms with E-state index in [1.807, 2.05) is 5.32 Å². The van der Waals surface area contributed by atoms with E-state index in [-0.39, 0.29) is 6.61 Å². The number of aromatic nitrogens is 1. The van der Waals surface area contributed by atoms with Gasteiger partial charge in [0.25, 0.3) is 5.91 Å². The number of amides is 1. The lowest BCUT2D eigenvalue weighted by molar-refractivity contribution is -0.167. The molecule has 1 rings (SSSR count). The summed E-state index contributed by atoms with van der Waals surface area (Å²) in [6.45, 7) is 2.19. The van der Waals surface area contributed by atoms with Crippen molar-refractivity contribution >= 4 is 17.6 Å². The van der Waals surface area contributed by atoms with Crippen LogP contribution < -0.4 is 5.32 Å². The Morgan fingerprint density at radius 3 is 2.57 bits per heavy atom. The van der Waals surface area contributed by atoms with Gasteiger partial charge in [0.1, 0.15) is 6.07 Å². The molecule has 0 aliphatic carbocycles. The predicted octanol–water partition coefficient (Wildman–Crippen LogP) is 1.22. The molecule has 7 nitrogen and oxygen atoms in total. The second-order valence-electron chi connectivity index (χ2n) is 4.48. The third-order valence-corrected chi connectivity index (χ3v) is 2.67. The molecule has 10 heteroatoms. The number of hydrogen-bond acceptors (Lipinski definition) is 6. The number of carbonyl (C=O) groups is 2. The Balaban J connectivity index is 3.09. The summed E-state index contributed by atoms with van der Waals surface area (Å²) in [5, 5.41) is 20.3. The smallest absolute Gasteiger partial charge is 0.419 e. The van der Waals surface area contributed by atoms with Crippen molar-refractivity contribution in [3.05, 3.63) is 23.5 Å². The number of nitriles is 1. The molecule has 1 heterocycles. The van der Waals surface area contributed by atoms with Crippen LogP contribution in [0, 0.1) is 11.3 Å². The van der Waals surface area contributed by atoms with E-state index >= 15 is 0 Å². The number of esters is 1. The van der Waals surface area contributed by atoms with Crippen molar-refractivity contribution in [3.8, 4) is 6.07 Å². The number of aliphatic hydroxyl groups is 1. The lowest BCUT2D eigenvalue weighted by atomic mass is 10.1. The Labute approximate surface area is 128 Å². The van der Waals surface area contributed by atoms with Crippen molar-refractivity contribution in [2.24, 2.45) is 0 Å². The Morgan fingerprint density at radius 1 is 1.48 bits per heavy atom. The summed E-state index contributed by atoms with van der Waals surface area (Å²) in [6.07, 6.45) is -4.06. The van der Waals surface area contributed by atoms with E-state index in [0.717, 1.165) is 13.1 Å². The Kier molecular flexibility index (Phi) is 5.29. The minimum absolute atomic E-state index is 0.0983. The van der Waals surface area contributed by atoms with Crippen LogP contribution in [-0.2, 0) is 20.5 Å². The molecule has 0 aromatic carbocycles. The van der Waals surface area contributed by atoms with Gasteiger partial charge in [-0.15, -0.1) is 0 Å². The molecule has 0 fully saturated rings. The number of nitrogens with zero attached hydrogens (tertiary/aromatic N) is 2. The maximum absolute atomic E-state index is 12.8. The first-order valence-electron chi connectivity index (χ1n) is 6.22. The lowest BCUT2D eigenvalue weighted by Crippen LogP contribution is -2.48. The number of rotatable bonds is 4. The number of halogens is 3. The van der Waals surface area contributed by atoms with Gasteiger partial charge >= 0.3 is 12.1 Å². The highest BCUT2D eigenvalue weighted by Gasteiger charge is 2.41. The van der Waals surface area contributed by atoms with Crippen LogP contribution in [-0.4, -0.2) is 34.2 Å². The molecule has 1 aromatic rings. The minimum atomic E-state index is -4.86. The number of carbonyl (C=O) groups excluding carboxylic acids is 2. The molecule has 1 aromatic heterocycles. The Hall–Kier alpha value is -2.67. The van der Waals surface area contributed by atoms with Gasteiger partial charge in [0.15, 0.2) is 5.69 Å². The van der Waals surface area contributed by atoms with E-state index < -0.39 is 40.6 Å². The van der Waals surface area contributed by atoms with E-state index in [4.69, 9.17) is 5.26 Å². The van der Waals surface area contributed by atoms with Crippen LogP contribution in [0.25, 0.3) is 0 Å². The molecule has 1 atom stereocenters. The summed E-state index contributed by atoms with van der Waals surface area (Å²) in [5.74, 6) is -2.55. The molecule has 0 spiro atoms. The predicted molar refractivity (Wildman–Crippen MR) is 69.8 cm³/mol. The SMILES string of the molecule is CCOC(=O)[C@](C)(O)C(=O)Nc1cnc(C#N)c(C(F)(F)F)c1. The second kappa shape index (κ2) is 6.62. The van der Waals surface area contributed by atoms with E-state index in [0.29, 0.717) is 6.07 Å². The molecule has 2 N–H and O–H groups in total. The first-order valence-corrected chi connectivity index (χ1v) is 6.22. The first-order chi connectivity index (χ1) is 10.5. The number of ether oxygens (including phenoxy) is 1. The number of hydrogen-bond donors (Lipinski definition) is 2. The van der Waals surface area contributed by atoms with Crippen LogP contribution in [0.5, 0.6) is 0 Å². The average molecular weight is 331 g/mol. The van der Waals surface area contributed by atoms with Crippen LogP contribution in [0.1, 0.15) is 25.1 Å². The van der Waals surface area contributed by atoms with Crippen molar-refractivity contribution in [1.29, 1.82) is 5.26 Å². The van der Waals surface area contributed by atoms with Crippen molar-refractivity contribution in [1.82, 2.24) is 4.98 Å². The molecular formula is C13H12F3N3O4. The topological polar surface area (TPSA) is 112 Å². The van der Waals surface area contributed by atoms with Gasteiger partial charge in [-0.2, -0.15) is 18.4 Å². The lowest BCUT2D eigenvalue weighted by Gasteiger charge is -2.20.